The molecule has 0 amide bonds. The van der Waals surface area contributed by atoms with Crippen LogP contribution in [0, 0.1) is 0 Å². The van der Waals surface area contributed by atoms with E-state index in [9.17, 15) is 0 Å². The van der Waals surface area contributed by atoms with Gasteiger partial charge in [0.1, 0.15) is 0 Å². The maximum Gasteiger partial charge on any atom is 0.0389 e. The summed E-state index contributed by atoms with van der Waals surface area (Å²) < 4.78 is 0. The van der Waals surface area contributed by atoms with Gasteiger partial charge in [-0.2, -0.15) is 11.8 Å². The minimum Gasteiger partial charge on any atom is -0.323 e. The van der Waals surface area contributed by atoms with E-state index in [-0.39, 0.29) is 6.04 Å². The number of allylic oxidation sites excluding steroid dienone is 1. The Balaban J connectivity index is 1.79. The van der Waals surface area contributed by atoms with Crippen molar-refractivity contribution in [2.24, 2.45) is 5.73 Å². The molecule has 100 valence electrons. The average Bonchev–Trinajstić information content (AvgIpc) is 2.82. The predicted molar refractivity (Wildman–Crippen MR) is 84.4 cm³/mol. The molecule has 1 aromatic heterocycles. The van der Waals surface area contributed by atoms with E-state index in [4.69, 9.17) is 5.73 Å². The predicted octanol–water partition coefficient (Wildman–Crippen LogP) is 4.67. The fourth-order valence-electron chi connectivity index (χ4n) is 2.32. The van der Waals surface area contributed by atoms with E-state index in [1.54, 1.807) is 10.4 Å². The number of thiophene rings is 1. The zero-order valence-corrected chi connectivity index (χ0v) is 12.6. The van der Waals surface area contributed by atoms with Crippen LogP contribution in [0.4, 0.5) is 0 Å². The van der Waals surface area contributed by atoms with E-state index < -0.39 is 0 Å². The van der Waals surface area contributed by atoms with Crippen LogP contribution in [0.5, 0.6) is 0 Å². The smallest absolute Gasteiger partial charge is 0.0389 e. The molecule has 3 heteroatoms. The van der Waals surface area contributed by atoms with Gasteiger partial charge < -0.3 is 5.73 Å². The molecule has 0 saturated heterocycles. The Hall–Kier alpha value is -0.250. The van der Waals surface area contributed by atoms with Gasteiger partial charge in [0, 0.05) is 21.5 Å². The molecule has 1 nitrogen and oxygen atoms in total. The van der Waals surface area contributed by atoms with Crippen molar-refractivity contribution in [3.8, 4) is 0 Å². The number of fused-ring (bicyclic) bond motifs is 1. The van der Waals surface area contributed by atoms with Crippen molar-refractivity contribution in [2.75, 3.05) is 5.75 Å². The second-order valence-corrected chi connectivity index (χ2v) is 7.21. The third kappa shape index (κ3) is 3.87. The van der Waals surface area contributed by atoms with Gasteiger partial charge in [0.25, 0.3) is 0 Å². The molecule has 1 aliphatic heterocycles. The van der Waals surface area contributed by atoms with Crippen molar-refractivity contribution in [3.05, 3.63) is 34.0 Å². The largest absolute Gasteiger partial charge is 0.323 e. The van der Waals surface area contributed by atoms with Gasteiger partial charge in [-0.1, -0.05) is 18.9 Å². The molecule has 0 aliphatic carbocycles. The van der Waals surface area contributed by atoms with E-state index in [1.807, 2.05) is 29.2 Å². The SMILES string of the molecule is C=CCCCCCC(N)c1cc2c(s1)CCSC2. The number of rotatable bonds is 7. The third-order valence-electron chi connectivity index (χ3n) is 3.44. The Morgan fingerprint density at radius 3 is 3.06 bits per heavy atom. The summed E-state index contributed by atoms with van der Waals surface area (Å²) in [6, 6.07) is 2.62. The highest BCUT2D eigenvalue weighted by Crippen LogP contribution is 2.35. The molecule has 2 heterocycles. The summed E-state index contributed by atoms with van der Waals surface area (Å²) in [5, 5.41) is 0. The Kier molecular flexibility index (Phi) is 5.80. The van der Waals surface area contributed by atoms with Crippen molar-refractivity contribution >= 4 is 23.1 Å². The quantitative estimate of drug-likeness (QED) is 0.580. The first-order valence-corrected chi connectivity index (χ1v) is 8.84. The van der Waals surface area contributed by atoms with Gasteiger partial charge in [-0.25, -0.2) is 0 Å². The van der Waals surface area contributed by atoms with Crippen molar-refractivity contribution in [3.63, 3.8) is 0 Å². The topological polar surface area (TPSA) is 26.0 Å². The molecule has 0 saturated carbocycles. The van der Waals surface area contributed by atoms with Crippen molar-refractivity contribution in [1.29, 1.82) is 0 Å². The van der Waals surface area contributed by atoms with Crippen LogP contribution in [0.2, 0.25) is 0 Å². The first kappa shape index (κ1) is 14.2. The second kappa shape index (κ2) is 7.37. The fraction of sp³-hybridized carbons (Fsp3) is 0.600. The lowest BCUT2D eigenvalue weighted by molar-refractivity contribution is 0.578. The summed E-state index contributed by atoms with van der Waals surface area (Å²) in [7, 11) is 0. The molecule has 2 N–H and O–H groups in total. The molecular weight excluding hydrogens is 258 g/mol. The zero-order chi connectivity index (χ0) is 12.8. The van der Waals surface area contributed by atoms with Crippen LogP contribution >= 0.6 is 23.1 Å². The summed E-state index contributed by atoms with van der Waals surface area (Å²) in [5.41, 5.74) is 7.85. The summed E-state index contributed by atoms with van der Waals surface area (Å²) >= 11 is 4.00. The van der Waals surface area contributed by atoms with Crippen LogP contribution in [0.1, 0.15) is 53.5 Å². The molecule has 1 unspecified atom stereocenters. The molecular formula is C15H23NS2. The van der Waals surface area contributed by atoms with Gasteiger partial charge in [-0.3, -0.25) is 0 Å². The molecule has 0 radical (unpaired) electrons. The lowest BCUT2D eigenvalue weighted by Crippen LogP contribution is -2.08. The monoisotopic (exact) mass is 281 g/mol. The van der Waals surface area contributed by atoms with E-state index in [2.05, 4.69) is 12.6 Å². The lowest BCUT2D eigenvalue weighted by atomic mass is 10.1. The van der Waals surface area contributed by atoms with Crippen LogP contribution in [0.15, 0.2) is 18.7 Å². The highest BCUT2D eigenvalue weighted by atomic mass is 32.2. The zero-order valence-electron chi connectivity index (χ0n) is 11.0. The highest BCUT2D eigenvalue weighted by Gasteiger charge is 2.16. The Bertz CT molecular complexity index is 360. The molecule has 0 aromatic carbocycles. The maximum atomic E-state index is 6.31. The normalized spacial score (nSPS) is 16.3. The third-order valence-corrected chi connectivity index (χ3v) is 5.81. The molecule has 1 atom stereocenters. The first-order chi connectivity index (χ1) is 8.81. The Morgan fingerprint density at radius 1 is 1.39 bits per heavy atom. The van der Waals surface area contributed by atoms with Crippen LogP contribution in [-0.2, 0) is 12.2 Å². The van der Waals surface area contributed by atoms with E-state index in [1.165, 1.54) is 42.1 Å². The molecule has 1 aliphatic rings. The maximum absolute atomic E-state index is 6.31. The molecule has 18 heavy (non-hydrogen) atoms. The van der Waals surface area contributed by atoms with Gasteiger partial charge in [0.2, 0.25) is 0 Å². The van der Waals surface area contributed by atoms with Crippen molar-refractivity contribution in [2.45, 2.75) is 50.3 Å². The molecule has 0 bridgehead atoms. The minimum absolute atomic E-state index is 0.259. The summed E-state index contributed by atoms with van der Waals surface area (Å²) in [6.07, 6.45) is 9.30. The van der Waals surface area contributed by atoms with E-state index >= 15 is 0 Å². The minimum atomic E-state index is 0.259. The number of thioether (sulfide) groups is 1. The van der Waals surface area contributed by atoms with Crippen molar-refractivity contribution < 1.29 is 0 Å². The molecule has 2 rings (SSSR count). The van der Waals surface area contributed by atoms with Gasteiger partial charge >= 0.3 is 0 Å². The van der Waals surface area contributed by atoms with Crippen LogP contribution in [0.3, 0.4) is 0 Å². The van der Waals surface area contributed by atoms with Crippen LogP contribution < -0.4 is 5.73 Å². The molecule has 1 aromatic rings. The average molecular weight is 281 g/mol. The summed E-state index contributed by atoms with van der Waals surface area (Å²) in [5.74, 6) is 2.47. The highest BCUT2D eigenvalue weighted by molar-refractivity contribution is 7.98. The number of unbranched alkanes of at least 4 members (excludes halogenated alkanes) is 3. The number of aryl methyl sites for hydroxylation is 1. The van der Waals surface area contributed by atoms with Crippen molar-refractivity contribution in [1.82, 2.24) is 0 Å². The van der Waals surface area contributed by atoms with Gasteiger partial charge in [-0.15, -0.1) is 17.9 Å². The molecule has 0 fully saturated rings. The fourth-order valence-corrected chi connectivity index (χ4v) is 4.74. The van der Waals surface area contributed by atoms with E-state index in [0.717, 1.165) is 12.8 Å². The van der Waals surface area contributed by atoms with Crippen LogP contribution in [0.25, 0.3) is 0 Å². The van der Waals surface area contributed by atoms with Gasteiger partial charge in [-0.05, 0) is 43.1 Å². The number of hydrogen-bond acceptors (Lipinski definition) is 3. The number of hydrogen-bond donors (Lipinski definition) is 1. The lowest BCUT2D eigenvalue weighted by Gasteiger charge is -2.08. The van der Waals surface area contributed by atoms with Gasteiger partial charge in [0.05, 0.1) is 0 Å². The molecule has 0 spiro atoms. The Labute approximate surface area is 119 Å². The second-order valence-electron chi connectivity index (χ2n) is 4.93. The summed E-state index contributed by atoms with van der Waals surface area (Å²) in [6.45, 7) is 3.75. The summed E-state index contributed by atoms with van der Waals surface area (Å²) in [4.78, 5) is 3.00. The first-order valence-electron chi connectivity index (χ1n) is 6.87. The standard InChI is InChI=1S/C15H23NS2/c1-2-3-4-5-6-7-13(16)15-10-12-11-17-9-8-14(12)18-15/h2,10,13H,1,3-9,11,16H2. The number of nitrogens with two attached hydrogens (primary N) is 1. The Morgan fingerprint density at radius 2 is 2.28 bits per heavy atom. The van der Waals surface area contributed by atoms with Gasteiger partial charge in [0.15, 0.2) is 0 Å². The van der Waals surface area contributed by atoms with E-state index in [0.29, 0.717) is 0 Å². The van der Waals surface area contributed by atoms with Crippen LogP contribution in [-0.4, -0.2) is 5.75 Å².